The van der Waals surface area contributed by atoms with Crippen LogP contribution in [-0.4, -0.2) is 4.98 Å². The average molecular weight is 321 g/mol. The van der Waals surface area contributed by atoms with Crippen molar-refractivity contribution in [2.45, 2.75) is 12.2 Å². The lowest BCUT2D eigenvalue weighted by Crippen LogP contribution is -2.15. The van der Waals surface area contributed by atoms with Crippen molar-refractivity contribution in [3.63, 3.8) is 0 Å². The van der Waals surface area contributed by atoms with Crippen molar-refractivity contribution in [3.05, 3.63) is 63.4 Å². The van der Waals surface area contributed by atoms with Crippen LogP contribution in [0.5, 0.6) is 0 Å². The summed E-state index contributed by atoms with van der Waals surface area (Å²) in [6, 6.07) is 6.14. The van der Waals surface area contributed by atoms with Crippen molar-refractivity contribution in [2.24, 2.45) is 5.73 Å². The Labute approximate surface area is 123 Å². The first-order valence-corrected chi connectivity index (χ1v) is 6.28. The molecule has 0 bridgehead atoms. The second kappa shape index (κ2) is 5.60. The van der Waals surface area contributed by atoms with Gasteiger partial charge < -0.3 is 5.73 Å². The largest absolute Gasteiger partial charge is 0.417 e. The molecule has 1 aromatic heterocycles. The third kappa shape index (κ3) is 3.23. The maximum atomic E-state index is 12.5. The predicted octanol–water partition coefficient (Wildman–Crippen LogP) is 4.46. The van der Waals surface area contributed by atoms with Gasteiger partial charge in [-0.25, -0.2) is 0 Å². The van der Waals surface area contributed by atoms with Crippen molar-refractivity contribution in [2.75, 3.05) is 0 Å². The van der Waals surface area contributed by atoms with Crippen LogP contribution in [0.4, 0.5) is 13.2 Å². The van der Waals surface area contributed by atoms with E-state index < -0.39 is 17.8 Å². The molecule has 106 valence electrons. The summed E-state index contributed by atoms with van der Waals surface area (Å²) in [6.45, 7) is 0. The van der Waals surface area contributed by atoms with Crippen LogP contribution >= 0.6 is 23.2 Å². The first-order chi connectivity index (χ1) is 9.29. The first kappa shape index (κ1) is 15.1. The van der Waals surface area contributed by atoms with Gasteiger partial charge in [-0.15, -0.1) is 0 Å². The van der Waals surface area contributed by atoms with E-state index in [-0.39, 0.29) is 5.69 Å². The third-order valence-electron chi connectivity index (χ3n) is 2.73. The number of alkyl halides is 3. The zero-order chi connectivity index (χ0) is 14.9. The molecule has 2 N–H and O–H groups in total. The van der Waals surface area contributed by atoms with E-state index in [0.717, 1.165) is 12.3 Å². The molecule has 0 aliphatic carbocycles. The Morgan fingerprint density at radius 3 is 2.35 bits per heavy atom. The molecule has 1 aromatic carbocycles. The van der Waals surface area contributed by atoms with Crippen molar-refractivity contribution in [1.82, 2.24) is 4.98 Å². The van der Waals surface area contributed by atoms with Crippen LogP contribution in [0, 0.1) is 0 Å². The lowest BCUT2D eigenvalue weighted by Gasteiger charge is -2.14. The minimum Gasteiger partial charge on any atom is -0.319 e. The van der Waals surface area contributed by atoms with Crippen LogP contribution in [0.1, 0.15) is 22.9 Å². The van der Waals surface area contributed by atoms with Gasteiger partial charge in [-0.05, 0) is 35.9 Å². The lowest BCUT2D eigenvalue weighted by atomic mass is 10.0. The van der Waals surface area contributed by atoms with Gasteiger partial charge in [0.15, 0.2) is 0 Å². The van der Waals surface area contributed by atoms with Crippen LogP contribution in [0.15, 0.2) is 36.5 Å². The van der Waals surface area contributed by atoms with E-state index >= 15 is 0 Å². The van der Waals surface area contributed by atoms with E-state index in [2.05, 4.69) is 4.98 Å². The number of rotatable bonds is 2. The van der Waals surface area contributed by atoms with E-state index in [0.29, 0.717) is 15.6 Å². The van der Waals surface area contributed by atoms with Crippen LogP contribution in [-0.2, 0) is 6.18 Å². The summed E-state index contributed by atoms with van der Waals surface area (Å²) in [6.07, 6.45) is -3.68. The van der Waals surface area contributed by atoms with Crippen LogP contribution in [0.25, 0.3) is 0 Å². The van der Waals surface area contributed by atoms with E-state index in [1.54, 1.807) is 18.2 Å². The topological polar surface area (TPSA) is 38.9 Å². The molecule has 0 fully saturated rings. The number of nitrogens with zero attached hydrogens (tertiary/aromatic N) is 1. The lowest BCUT2D eigenvalue weighted by molar-refractivity contribution is -0.137. The van der Waals surface area contributed by atoms with Gasteiger partial charge in [-0.1, -0.05) is 23.2 Å². The summed E-state index contributed by atoms with van der Waals surface area (Å²) in [7, 11) is 0. The number of nitrogens with two attached hydrogens (primary N) is 1. The van der Waals surface area contributed by atoms with Crippen molar-refractivity contribution < 1.29 is 13.2 Å². The van der Waals surface area contributed by atoms with Crippen LogP contribution < -0.4 is 5.73 Å². The Morgan fingerprint density at radius 1 is 1.10 bits per heavy atom. The van der Waals surface area contributed by atoms with Crippen LogP contribution in [0.3, 0.4) is 0 Å². The molecule has 7 heteroatoms. The van der Waals surface area contributed by atoms with Crippen molar-refractivity contribution in [1.29, 1.82) is 0 Å². The zero-order valence-electron chi connectivity index (χ0n) is 9.96. The molecule has 2 rings (SSSR count). The highest BCUT2D eigenvalue weighted by Gasteiger charge is 2.31. The monoisotopic (exact) mass is 320 g/mol. The van der Waals surface area contributed by atoms with Gasteiger partial charge in [0, 0.05) is 16.2 Å². The molecular formula is C13H9Cl2F3N2. The van der Waals surface area contributed by atoms with Crippen LogP contribution in [0.2, 0.25) is 10.0 Å². The summed E-state index contributed by atoms with van der Waals surface area (Å²) in [5.74, 6) is 0. The summed E-state index contributed by atoms with van der Waals surface area (Å²) < 4.78 is 37.4. The highest BCUT2D eigenvalue weighted by Crippen LogP contribution is 2.31. The van der Waals surface area contributed by atoms with Gasteiger partial charge in [-0.2, -0.15) is 13.2 Å². The van der Waals surface area contributed by atoms with E-state index in [9.17, 15) is 13.2 Å². The Kier molecular flexibility index (Phi) is 4.22. The summed E-state index contributed by atoms with van der Waals surface area (Å²) in [5.41, 5.74) is 5.92. The van der Waals surface area contributed by atoms with Crippen molar-refractivity contribution in [3.8, 4) is 0 Å². The molecule has 20 heavy (non-hydrogen) atoms. The minimum atomic E-state index is -4.43. The molecule has 0 radical (unpaired) electrons. The van der Waals surface area contributed by atoms with Crippen molar-refractivity contribution >= 4 is 23.2 Å². The molecule has 2 aromatic rings. The second-order valence-corrected chi connectivity index (χ2v) is 4.96. The zero-order valence-corrected chi connectivity index (χ0v) is 11.5. The smallest absolute Gasteiger partial charge is 0.319 e. The predicted molar refractivity (Wildman–Crippen MR) is 71.7 cm³/mol. The summed E-state index contributed by atoms with van der Waals surface area (Å²) >= 11 is 11.8. The maximum Gasteiger partial charge on any atom is 0.417 e. The Balaban J connectivity index is 2.34. The fraction of sp³-hybridized carbons (Fsp3) is 0.154. The maximum absolute atomic E-state index is 12.5. The molecule has 0 spiro atoms. The SMILES string of the molecule is NC(c1ccc(C(F)(F)F)cn1)c1cc(Cl)ccc1Cl. The number of pyridine rings is 1. The van der Waals surface area contributed by atoms with E-state index in [1.807, 2.05) is 0 Å². The first-order valence-electron chi connectivity index (χ1n) is 5.52. The van der Waals surface area contributed by atoms with Gasteiger partial charge in [0.05, 0.1) is 17.3 Å². The van der Waals surface area contributed by atoms with Gasteiger partial charge in [0.2, 0.25) is 0 Å². The number of benzene rings is 1. The molecule has 0 aliphatic rings. The number of hydrogen-bond donors (Lipinski definition) is 1. The molecule has 0 saturated carbocycles. The molecule has 2 nitrogen and oxygen atoms in total. The van der Waals surface area contributed by atoms with Gasteiger partial charge in [0.25, 0.3) is 0 Å². The van der Waals surface area contributed by atoms with E-state index in [4.69, 9.17) is 28.9 Å². The second-order valence-electron chi connectivity index (χ2n) is 4.11. The molecule has 0 saturated heterocycles. The molecular weight excluding hydrogens is 312 g/mol. The molecule has 1 atom stereocenters. The quantitative estimate of drug-likeness (QED) is 0.887. The number of aromatic nitrogens is 1. The van der Waals surface area contributed by atoms with E-state index in [1.165, 1.54) is 6.07 Å². The number of halogens is 5. The molecule has 1 heterocycles. The normalized spacial score (nSPS) is 13.3. The van der Waals surface area contributed by atoms with Gasteiger partial charge in [0.1, 0.15) is 0 Å². The summed E-state index contributed by atoms with van der Waals surface area (Å²) in [4.78, 5) is 3.75. The summed E-state index contributed by atoms with van der Waals surface area (Å²) in [5, 5.41) is 0.815. The standard InChI is InChI=1S/C13H9Cl2F3N2/c14-8-2-3-10(15)9(5-8)12(19)11-4-1-7(6-20-11)13(16,17)18/h1-6,12H,19H2. The molecule has 0 amide bonds. The third-order valence-corrected chi connectivity index (χ3v) is 3.30. The highest BCUT2D eigenvalue weighted by atomic mass is 35.5. The molecule has 0 aliphatic heterocycles. The van der Waals surface area contributed by atoms with Gasteiger partial charge in [-0.3, -0.25) is 4.98 Å². The highest BCUT2D eigenvalue weighted by molar-refractivity contribution is 6.33. The Morgan fingerprint density at radius 2 is 1.80 bits per heavy atom. The Hall–Kier alpha value is -1.30. The fourth-order valence-electron chi connectivity index (χ4n) is 1.67. The minimum absolute atomic E-state index is 0.280. The molecule has 1 unspecified atom stereocenters. The Bertz CT molecular complexity index is 612. The average Bonchev–Trinajstić information content (AvgIpc) is 2.40. The number of hydrogen-bond acceptors (Lipinski definition) is 2. The fourth-order valence-corrected chi connectivity index (χ4v) is 2.08. The van der Waals surface area contributed by atoms with Gasteiger partial charge >= 0.3 is 6.18 Å².